The van der Waals surface area contributed by atoms with Gasteiger partial charge in [-0.3, -0.25) is 9.59 Å². The summed E-state index contributed by atoms with van der Waals surface area (Å²) in [6.07, 6.45) is 0. The van der Waals surface area contributed by atoms with Crippen LogP contribution in [0.4, 0.5) is 14.5 Å². The molecule has 0 aliphatic heterocycles. The number of amides is 1. The molecule has 0 aliphatic carbocycles. The van der Waals surface area contributed by atoms with Crippen LogP contribution in [0.3, 0.4) is 0 Å². The van der Waals surface area contributed by atoms with Crippen LogP contribution >= 0.6 is 0 Å². The molecule has 0 aliphatic rings. The van der Waals surface area contributed by atoms with Gasteiger partial charge in [-0.25, -0.2) is 13.6 Å². The first-order valence-corrected chi connectivity index (χ1v) is 9.44. The van der Waals surface area contributed by atoms with Gasteiger partial charge in [0.15, 0.2) is 12.3 Å². The summed E-state index contributed by atoms with van der Waals surface area (Å²) in [5.74, 6) is -3.85. The molecule has 0 saturated heterocycles. The van der Waals surface area contributed by atoms with Crippen molar-refractivity contribution in [1.82, 2.24) is 9.78 Å². The number of fused-ring (bicyclic) bond motifs is 1. The predicted molar refractivity (Wildman–Crippen MR) is 113 cm³/mol. The highest BCUT2D eigenvalue weighted by atomic mass is 19.1. The highest BCUT2D eigenvalue weighted by molar-refractivity contribution is 6.03. The zero-order chi connectivity index (χ0) is 22.7. The molecule has 0 radical (unpaired) electrons. The smallest absolute Gasteiger partial charge is 0.359 e. The maximum absolute atomic E-state index is 13.7. The van der Waals surface area contributed by atoms with Crippen LogP contribution in [0.25, 0.3) is 16.5 Å². The normalized spacial score (nSPS) is 10.7. The Morgan fingerprint density at radius 2 is 1.50 bits per heavy atom. The van der Waals surface area contributed by atoms with Gasteiger partial charge in [0.05, 0.1) is 11.1 Å². The molecule has 1 amide bonds. The topological polar surface area (TPSA) is 90.3 Å². The Labute approximate surface area is 179 Å². The van der Waals surface area contributed by atoms with E-state index in [2.05, 4.69) is 5.10 Å². The Hall–Kier alpha value is -4.40. The van der Waals surface area contributed by atoms with Crippen molar-refractivity contribution in [1.29, 1.82) is 0 Å². The summed E-state index contributed by atoms with van der Waals surface area (Å²) in [4.78, 5) is 37.6. The van der Waals surface area contributed by atoms with Gasteiger partial charge in [-0.2, -0.15) is 9.78 Å². The quantitative estimate of drug-likeness (QED) is 0.485. The Bertz CT molecular complexity index is 1370. The van der Waals surface area contributed by atoms with Gasteiger partial charge in [0.2, 0.25) is 0 Å². The summed E-state index contributed by atoms with van der Waals surface area (Å²) in [5, 5.41) is 6.64. The number of nitrogens with zero attached hydrogens (tertiary/aromatic N) is 2. The Balaban J connectivity index is 1.62. The Morgan fingerprint density at radius 1 is 0.875 bits per heavy atom. The average Bonchev–Trinajstić information content (AvgIpc) is 2.81. The molecule has 9 heteroatoms. The van der Waals surface area contributed by atoms with Gasteiger partial charge in [0.25, 0.3) is 11.5 Å². The summed E-state index contributed by atoms with van der Waals surface area (Å²) < 4.78 is 33.4. The first-order chi connectivity index (χ1) is 15.5. The van der Waals surface area contributed by atoms with Gasteiger partial charge in [-0.15, -0.1) is 0 Å². The number of aromatic nitrogens is 2. The van der Waals surface area contributed by atoms with Crippen molar-refractivity contribution in [3.63, 3.8) is 0 Å². The lowest BCUT2D eigenvalue weighted by Crippen LogP contribution is -2.27. The lowest BCUT2D eigenvalue weighted by Gasteiger charge is -2.11. The standard InChI is InChI=1S/C23H15F2N3O4/c24-17-11-6-12-18(25)21(17)26-19(29)13-32-23(31)20-15-9-4-5-10-16(15)22(30)28(27-20)14-7-2-1-3-8-14/h1-12H,13H2,(H,26,29). The van der Waals surface area contributed by atoms with Crippen molar-refractivity contribution in [2.75, 3.05) is 11.9 Å². The molecular weight excluding hydrogens is 420 g/mol. The van der Waals surface area contributed by atoms with Crippen molar-refractivity contribution in [3.8, 4) is 5.69 Å². The maximum Gasteiger partial charge on any atom is 0.359 e. The van der Waals surface area contributed by atoms with Crippen LogP contribution < -0.4 is 10.9 Å². The number of nitrogens with one attached hydrogen (secondary N) is 1. The molecule has 0 fully saturated rings. The van der Waals surface area contributed by atoms with Crippen molar-refractivity contribution in [2.45, 2.75) is 0 Å². The fourth-order valence-electron chi connectivity index (χ4n) is 3.08. The predicted octanol–water partition coefficient (Wildman–Crippen LogP) is 3.46. The van der Waals surface area contributed by atoms with Gasteiger partial charge in [0.1, 0.15) is 17.3 Å². The minimum absolute atomic E-state index is 0.186. The number of carbonyl (C=O) groups excluding carboxylic acids is 2. The first kappa shape index (κ1) is 20.9. The van der Waals surface area contributed by atoms with E-state index in [-0.39, 0.29) is 16.5 Å². The number of carbonyl (C=O) groups is 2. The van der Waals surface area contributed by atoms with E-state index in [1.165, 1.54) is 6.07 Å². The largest absolute Gasteiger partial charge is 0.451 e. The molecule has 0 unspecified atom stereocenters. The second-order valence-corrected chi connectivity index (χ2v) is 6.67. The number of hydrogen-bond donors (Lipinski definition) is 1. The number of benzene rings is 3. The maximum atomic E-state index is 13.7. The van der Waals surface area contributed by atoms with E-state index in [0.29, 0.717) is 5.69 Å². The van der Waals surface area contributed by atoms with E-state index in [4.69, 9.17) is 4.74 Å². The molecule has 1 N–H and O–H groups in total. The molecule has 0 bridgehead atoms. The zero-order valence-corrected chi connectivity index (χ0v) is 16.4. The van der Waals surface area contributed by atoms with E-state index in [9.17, 15) is 23.2 Å². The van der Waals surface area contributed by atoms with Gasteiger partial charge in [-0.05, 0) is 30.3 Å². The number of esters is 1. The lowest BCUT2D eigenvalue weighted by atomic mass is 10.1. The van der Waals surface area contributed by atoms with Gasteiger partial charge < -0.3 is 10.1 Å². The minimum atomic E-state index is -0.977. The third-order valence-electron chi connectivity index (χ3n) is 4.56. The third kappa shape index (κ3) is 4.08. The molecule has 4 rings (SSSR count). The second-order valence-electron chi connectivity index (χ2n) is 6.67. The summed E-state index contributed by atoms with van der Waals surface area (Å²) in [7, 11) is 0. The van der Waals surface area contributed by atoms with Crippen LogP contribution in [0.5, 0.6) is 0 Å². The van der Waals surface area contributed by atoms with Crippen LogP contribution in [0.15, 0.2) is 77.6 Å². The van der Waals surface area contributed by atoms with Crippen LogP contribution in [-0.4, -0.2) is 28.3 Å². The molecule has 0 atom stereocenters. The Kier molecular flexibility index (Phi) is 5.71. The van der Waals surface area contributed by atoms with Crippen molar-refractivity contribution in [3.05, 3.63) is 100 Å². The third-order valence-corrected chi connectivity index (χ3v) is 4.56. The van der Waals surface area contributed by atoms with Crippen molar-refractivity contribution >= 4 is 28.3 Å². The van der Waals surface area contributed by atoms with E-state index in [0.717, 1.165) is 22.9 Å². The van der Waals surface area contributed by atoms with Crippen molar-refractivity contribution < 1.29 is 23.1 Å². The van der Waals surface area contributed by atoms with E-state index in [1.54, 1.807) is 48.5 Å². The fourth-order valence-corrected chi connectivity index (χ4v) is 3.08. The monoisotopic (exact) mass is 435 g/mol. The van der Waals surface area contributed by atoms with E-state index in [1.807, 2.05) is 5.32 Å². The van der Waals surface area contributed by atoms with Gasteiger partial charge in [0, 0.05) is 5.39 Å². The number of rotatable bonds is 5. The average molecular weight is 435 g/mol. The molecule has 32 heavy (non-hydrogen) atoms. The fraction of sp³-hybridized carbons (Fsp3) is 0.0435. The molecule has 0 spiro atoms. The summed E-state index contributed by atoms with van der Waals surface area (Å²) in [6, 6.07) is 17.9. The molecular formula is C23H15F2N3O4. The summed E-state index contributed by atoms with van der Waals surface area (Å²) >= 11 is 0. The van der Waals surface area contributed by atoms with Crippen LogP contribution in [-0.2, 0) is 9.53 Å². The van der Waals surface area contributed by atoms with Gasteiger partial charge >= 0.3 is 5.97 Å². The van der Waals surface area contributed by atoms with E-state index >= 15 is 0 Å². The first-order valence-electron chi connectivity index (χ1n) is 9.44. The SMILES string of the molecule is O=C(COC(=O)c1nn(-c2ccccc2)c(=O)c2ccccc12)Nc1c(F)cccc1F. The van der Waals surface area contributed by atoms with Crippen LogP contribution in [0.2, 0.25) is 0 Å². The summed E-state index contributed by atoms with van der Waals surface area (Å²) in [5.41, 5.74) is -0.829. The molecule has 0 saturated carbocycles. The highest BCUT2D eigenvalue weighted by Gasteiger charge is 2.20. The van der Waals surface area contributed by atoms with Crippen molar-refractivity contribution in [2.24, 2.45) is 0 Å². The number of hydrogen-bond acceptors (Lipinski definition) is 5. The lowest BCUT2D eigenvalue weighted by molar-refractivity contribution is -0.119. The second kappa shape index (κ2) is 8.76. The highest BCUT2D eigenvalue weighted by Crippen LogP contribution is 2.18. The number of halogens is 2. The molecule has 3 aromatic carbocycles. The zero-order valence-electron chi connectivity index (χ0n) is 16.4. The minimum Gasteiger partial charge on any atom is -0.451 e. The molecule has 1 heterocycles. The molecule has 1 aromatic heterocycles. The van der Waals surface area contributed by atoms with Crippen LogP contribution in [0, 0.1) is 11.6 Å². The molecule has 7 nitrogen and oxygen atoms in total. The van der Waals surface area contributed by atoms with Crippen LogP contribution in [0.1, 0.15) is 10.5 Å². The van der Waals surface area contributed by atoms with Gasteiger partial charge in [-0.1, -0.05) is 42.5 Å². The number of anilines is 1. The Morgan fingerprint density at radius 3 is 2.19 bits per heavy atom. The van der Waals surface area contributed by atoms with E-state index < -0.39 is 41.4 Å². The molecule has 4 aromatic rings. The number of para-hydroxylation sites is 2. The molecule has 160 valence electrons. The number of ether oxygens (including phenoxy) is 1. The summed E-state index contributed by atoms with van der Waals surface area (Å²) in [6.45, 7) is -0.812.